The Morgan fingerprint density at radius 3 is 2.07 bits per heavy atom. The summed E-state index contributed by atoms with van der Waals surface area (Å²) in [4.78, 5) is 0. The lowest BCUT2D eigenvalue weighted by molar-refractivity contribution is 0.389. The predicted molar refractivity (Wildman–Crippen MR) is 62.9 cm³/mol. The van der Waals surface area contributed by atoms with E-state index < -0.39 is 0 Å². The average molecular weight is 200 g/mol. The van der Waals surface area contributed by atoms with Crippen molar-refractivity contribution < 1.29 is 5.11 Å². The van der Waals surface area contributed by atoms with Gasteiger partial charge in [0.1, 0.15) is 0 Å². The number of hydrogen-bond acceptors (Lipinski definition) is 3. The van der Waals surface area contributed by atoms with Crippen LogP contribution in [0, 0.1) is 0 Å². The zero-order valence-electron chi connectivity index (χ0n) is 9.47. The second kappa shape index (κ2) is 11.9. The SMILES string of the molecule is C=C(N)NCCCC.C=C(O)CCC. The lowest BCUT2D eigenvalue weighted by Gasteiger charge is -2.00. The first kappa shape index (κ1) is 15.4. The standard InChI is InChI=1S/C6H14N2.C5H10O/c1-3-4-5-8-6(2)7;1-3-4-5(2)6/h8H,2-5,7H2,1H3;6H,2-4H2,1H3. The number of aliphatic hydroxyl groups excluding tert-OH is 1. The number of hydrogen-bond donors (Lipinski definition) is 3. The maximum Gasteiger partial charge on any atom is 0.0885 e. The lowest BCUT2D eigenvalue weighted by Crippen LogP contribution is -2.19. The maximum absolute atomic E-state index is 8.36. The fraction of sp³-hybridized carbons (Fsp3) is 0.636. The van der Waals surface area contributed by atoms with Crippen LogP contribution in [0.25, 0.3) is 0 Å². The molecule has 0 unspecified atom stereocenters. The molecule has 0 bridgehead atoms. The highest BCUT2D eigenvalue weighted by Gasteiger charge is 1.81. The van der Waals surface area contributed by atoms with Gasteiger partial charge in [-0.2, -0.15) is 0 Å². The molecule has 0 aromatic carbocycles. The Hall–Kier alpha value is -1.12. The summed E-state index contributed by atoms with van der Waals surface area (Å²) in [5.41, 5.74) is 5.23. The summed E-state index contributed by atoms with van der Waals surface area (Å²) in [6.07, 6.45) is 4.08. The first-order valence-corrected chi connectivity index (χ1v) is 5.09. The minimum atomic E-state index is 0.289. The molecular formula is C11H24N2O. The van der Waals surface area contributed by atoms with E-state index in [-0.39, 0.29) is 5.76 Å². The summed E-state index contributed by atoms with van der Waals surface area (Å²) in [5.74, 6) is 0.857. The molecule has 0 saturated heterocycles. The fourth-order valence-corrected chi connectivity index (χ4v) is 0.714. The van der Waals surface area contributed by atoms with Crippen LogP contribution in [0.3, 0.4) is 0 Å². The second-order valence-electron chi connectivity index (χ2n) is 3.12. The molecular weight excluding hydrogens is 176 g/mol. The molecule has 4 N–H and O–H groups in total. The van der Waals surface area contributed by atoms with Gasteiger partial charge in [-0.25, -0.2) is 0 Å². The van der Waals surface area contributed by atoms with Gasteiger partial charge in [-0.15, -0.1) is 0 Å². The molecule has 0 aromatic rings. The van der Waals surface area contributed by atoms with Gasteiger partial charge < -0.3 is 16.2 Å². The molecule has 3 heteroatoms. The molecule has 0 rings (SSSR count). The molecule has 0 aliphatic rings. The summed E-state index contributed by atoms with van der Waals surface area (Å²) >= 11 is 0. The molecule has 0 fully saturated rings. The average Bonchev–Trinajstić information content (AvgIpc) is 2.05. The number of allylic oxidation sites excluding steroid dienone is 1. The Morgan fingerprint density at radius 2 is 1.86 bits per heavy atom. The molecule has 0 radical (unpaired) electrons. The Morgan fingerprint density at radius 1 is 1.29 bits per heavy atom. The van der Waals surface area contributed by atoms with E-state index in [1.807, 2.05) is 6.92 Å². The lowest BCUT2D eigenvalue weighted by atomic mass is 10.3. The van der Waals surface area contributed by atoms with Crippen LogP contribution in [0.1, 0.15) is 39.5 Å². The maximum atomic E-state index is 8.36. The van der Waals surface area contributed by atoms with E-state index in [2.05, 4.69) is 25.4 Å². The number of rotatable bonds is 6. The van der Waals surface area contributed by atoms with Crippen molar-refractivity contribution in [3.8, 4) is 0 Å². The minimum absolute atomic E-state index is 0.289. The molecule has 0 spiro atoms. The van der Waals surface area contributed by atoms with Gasteiger partial charge in [-0.3, -0.25) is 0 Å². The van der Waals surface area contributed by atoms with Crippen LogP contribution in [-0.4, -0.2) is 11.7 Å². The fourth-order valence-electron chi connectivity index (χ4n) is 0.714. The van der Waals surface area contributed by atoms with Gasteiger partial charge >= 0.3 is 0 Å². The number of nitrogens with two attached hydrogens (primary N) is 1. The predicted octanol–water partition coefficient (Wildman–Crippen LogP) is 2.66. The largest absolute Gasteiger partial charge is 0.513 e. The van der Waals surface area contributed by atoms with Crippen molar-refractivity contribution in [3.05, 3.63) is 24.7 Å². The van der Waals surface area contributed by atoms with Crippen molar-refractivity contribution in [2.75, 3.05) is 6.54 Å². The second-order valence-corrected chi connectivity index (χ2v) is 3.12. The van der Waals surface area contributed by atoms with Gasteiger partial charge in [0.15, 0.2) is 0 Å². The third-order valence-electron chi connectivity index (χ3n) is 1.42. The minimum Gasteiger partial charge on any atom is -0.513 e. The Balaban J connectivity index is 0. The highest BCUT2D eigenvalue weighted by molar-refractivity contribution is 4.81. The summed E-state index contributed by atoms with van der Waals surface area (Å²) in [6, 6.07) is 0. The van der Waals surface area contributed by atoms with Crippen LogP contribution >= 0.6 is 0 Å². The monoisotopic (exact) mass is 200 g/mol. The van der Waals surface area contributed by atoms with E-state index in [1.165, 1.54) is 6.42 Å². The van der Waals surface area contributed by atoms with Gasteiger partial charge in [0, 0.05) is 13.0 Å². The molecule has 0 saturated carbocycles. The van der Waals surface area contributed by atoms with Gasteiger partial charge in [-0.05, 0) is 12.8 Å². The first-order chi connectivity index (χ1) is 6.54. The normalized spacial score (nSPS) is 8.43. The van der Waals surface area contributed by atoms with Crippen LogP contribution in [0.5, 0.6) is 0 Å². The zero-order valence-corrected chi connectivity index (χ0v) is 9.47. The number of nitrogens with one attached hydrogen (secondary N) is 1. The van der Waals surface area contributed by atoms with Crippen molar-refractivity contribution in [2.24, 2.45) is 5.73 Å². The van der Waals surface area contributed by atoms with Gasteiger partial charge in [0.05, 0.1) is 11.6 Å². The van der Waals surface area contributed by atoms with E-state index in [0.29, 0.717) is 5.82 Å². The summed E-state index contributed by atoms with van der Waals surface area (Å²) < 4.78 is 0. The molecule has 14 heavy (non-hydrogen) atoms. The smallest absolute Gasteiger partial charge is 0.0885 e. The van der Waals surface area contributed by atoms with Crippen LogP contribution in [0.2, 0.25) is 0 Å². The molecule has 3 nitrogen and oxygen atoms in total. The van der Waals surface area contributed by atoms with E-state index >= 15 is 0 Å². The van der Waals surface area contributed by atoms with Crippen molar-refractivity contribution in [1.29, 1.82) is 0 Å². The molecule has 0 aliphatic heterocycles. The first-order valence-electron chi connectivity index (χ1n) is 5.09. The summed E-state index contributed by atoms with van der Waals surface area (Å²) in [5, 5.41) is 11.3. The quantitative estimate of drug-likeness (QED) is 0.456. The third-order valence-corrected chi connectivity index (χ3v) is 1.42. The highest BCUT2D eigenvalue weighted by Crippen LogP contribution is 1.93. The molecule has 0 heterocycles. The number of aliphatic hydroxyl groups is 1. The van der Waals surface area contributed by atoms with E-state index in [9.17, 15) is 0 Å². The Bertz CT molecular complexity index is 155. The van der Waals surface area contributed by atoms with Crippen LogP contribution < -0.4 is 11.1 Å². The van der Waals surface area contributed by atoms with Gasteiger partial charge in [0.25, 0.3) is 0 Å². The molecule has 84 valence electrons. The number of unbranched alkanes of at least 4 members (excludes halogenated alkanes) is 1. The van der Waals surface area contributed by atoms with Crippen LogP contribution in [0.15, 0.2) is 24.7 Å². The van der Waals surface area contributed by atoms with Crippen molar-refractivity contribution in [1.82, 2.24) is 5.32 Å². The van der Waals surface area contributed by atoms with Crippen molar-refractivity contribution in [2.45, 2.75) is 39.5 Å². The molecule has 0 amide bonds. The van der Waals surface area contributed by atoms with Crippen molar-refractivity contribution in [3.63, 3.8) is 0 Å². The van der Waals surface area contributed by atoms with Gasteiger partial charge in [-0.1, -0.05) is 33.4 Å². The molecule has 0 aliphatic carbocycles. The summed E-state index contributed by atoms with van der Waals surface area (Å²) in [6.45, 7) is 11.9. The van der Waals surface area contributed by atoms with E-state index in [4.69, 9.17) is 10.8 Å². The summed E-state index contributed by atoms with van der Waals surface area (Å²) in [7, 11) is 0. The van der Waals surface area contributed by atoms with Crippen LogP contribution in [0.4, 0.5) is 0 Å². The highest BCUT2D eigenvalue weighted by atomic mass is 16.3. The zero-order chi connectivity index (χ0) is 11.4. The van der Waals surface area contributed by atoms with E-state index in [0.717, 1.165) is 25.8 Å². The van der Waals surface area contributed by atoms with Crippen molar-refractivity contribution >= 4 is 0 Å². The van der Waals surface area contributed by atoms with E-state index in [1.54, 1.807) is 0 Å². The topological polar surface area (TPSA) is 58.3 Å². The molecule has 0 aromatic heterocycles. The Labute approximate surface area is 87.7 Å². The third kappa shape index (κ3) is 22.4. The Kier molecular flexibility index (Phi) is 13.0. The van der Waals surface area contributed by atoms with Crippen LogP contribution in [-0.2, 0) is 0 Å². The molecule has 0 atom stereocenters. The van der Waals surface area contributed by atoms with Gasteiger partial charge in [0.2, 0.25) is 0 Å².